The van der Waals surface area contributed by atoms with Crippen LogP contribution in [0.5, 0.6) is 5.75 Å². The molecule has 0 fully saturated rings. The van der Waals surface area contributed by atoms with Gasteiger partial charge in [0, 0.05) is 23.8 Å². The molecule has 2 heteroatoms. The van der Waals surface area contributed by atoms with E-state index in [1.165, 1.54) is 0 Å². The molecule has 0 atom stereocenters. The van der Waals surface area contributed by atoms with Crippen molar-refractivity contribution in [2.24, 2.45) is 0 Å². The molecule has 12 heavy (non-hydrogen) atoms. The lowest BCUT2D eigenvalue weighted by molar-refractivity contribution is 0.414. The molecule has 0 spiro atoms. The first-order valence-corrected chi connectivity index (χ1v) is 3.70. The fourth-order valence-corrected chi connectivity index (χ4v) is 1.11. The molecule has 2 rings (SSSR count). The zero-order chi connectivity index (χ0) is 8.39. The second-order valence-corrected chi connectivity index (χ2v) is 2.49. The summed E-state index contributed by atoms with van der Waals surface area (Å²) in [5, 5.41) is 2.11. The first kappa shape index (κ1) is 7.10. The predicted octanol–water partition coefficient (Wildman–Crippen LogP) is 2.04. The normalized spacial score (nSPS) is 10.1. The van der Waals surface area contributed by atoms with E-state index in [1.807, 2.05) is 24.4 Å². The summed E-state index contributed by atoms with van der Waals surface area (Å²) in [4.78, 5) is 4.01. The van der Waals surface area contributed by atoms with E-state index < -0.39 is 0 Å². The molecule has 59 valence electrons. The molecule has 0 saturated heterocycles. The lowest BCUT2D eigenvalue weighted by atomic mass is 10.2. The smallest absolute Gasteiger partial charge is 0.127 e. The zero-order valence-electron chi connectivity index (χ0n) is 6.74. The van der Waals surface area contributed by atoms with E-state index in [1.54, 1.807) is 13.3 Å². The second-order valence-electron chi connectivity index (χ2n) is 2.49. The Morgan fingerprint density at radius 1 is 1.33 bits per heavy atom. The van der Waals surface area contributed by atoms with Gasteiger partial charge < -0.3 is 4.74 Å². The maximum Gasteiger partial charge on any atom is 0.127 e. The van der Waals surface area contributed by atoms with Crippen LogP contribution in [0.1, 0.15) is 0 Å². The van der Waals surface area contributed by atoms with Gasteiger partial charge in [-0.15, -0.1) is 0 Å². The molecular formula is C10H8NO. The van der Waals surface area contributed by atoms with Crippen molar-refractivity contribution in [2.45, 2.75) is 0 Å². The third kappa shape index (κ3) is 1.11. The number of nitrogens with zero attached hydrogens (tertiary/aromatic N) is 1. The Labute approximate surface area is 70.8 Å². The first-order valence-electron chi connectivity index (χ1n) is 3.70. The van der Waals surface area contributed by atoms with Gasteiger partial charge in [0.25, 0.3) is 0 Å². The van der Waals surface area contributed by atoms with Gasteiger partial charge in [0.05, 0.1) is 7.11 Å². The Hall–Kier alpha value is -1.57. The van der Waals surface area contributed by atoms with Crippen molar-refractivity contribution in [1.82, 2.24) is 4.98 Å². The molecule has 0 aliphatic rings. The molecule has 2 nitrogen and oxygen atoms in total. The fraction of sp³-hybridized carbons (Fsp3) is 0.100. The maximum absolute atomic E-state index is 5.05. The second kappa shape index (κ2) is 2.81. The Balaban J connectivity index is 2.67. The summed E-state index contributed by atoms with van der Waals surface area (Å²) in [7, 11) is 1.64. The molecule has 1 aromatic heterocycles. The van der Waals surface area contributed by atoms with Crippen molar-refractivity contribution in [1.29, 1.82) is 0 Å². The molecule has 1 radical (unpaired) electrons. The number of aromatic nitrogens is 1. The Kier molecular flexibility index (Phi) is 1.67. The SMILES string of the molecule is COc1[c]c2ccncc2cc1. The van der Waals surface area contributed by atoms with Crippen LogP contribution in [-0.4, -0.2) is 12.1 Å². The van der Waals surface area contributed by atoms with Gasteiger partial charge >= 0.3 is 0 Å². The highest BCUT2D eigenvalue weighted by atomic mass is 16.5. The lowest BCUT2D eigenvalue weighted by Gasteiger charge is -1.99. The van der Waals surface area contributed by atoms with Crippen molar-refractivity contribution < 1.29 is 4.74 Å². The van der Waals surface area contributed by atoms with E-state index in [-0.39, 0.29) is 0 Å². The van der Waals surface area contributed by atoms with Crippen molar-refractivity contribution in [3.05, 3.63) is 36.7 Å². The van der Waals surface area contributed by atoms with Crippen molar-refractivity contribution >= 4 is 10.8 Å². The summed E-state index contributed by atoms with van der Waals surface area (Å²) in [5.74, 6) is 0.758. The first-order chi connectivity index (χ1) is 5.90. The molecule has 0 unspecified atom stereocenters. The largest absolute Gasteiger partial charge is 0.496 e. The van der Waals surface area contributed by atoms with Crippen LogP contribution in [0.25, 0.3) is 10.8 Å². The van der Waals surface area contributed by atoms with Crippen LogP contribution >= 0.6 is 0 Å². The van der Waals surface area contributed by atoms with E-state index in [2.05, 4.69) is 11.1 Å². The number of methoxy groups -OCH3 is 1. The van der Waals surface area contributed by atoms with Gasteiger partial charge in [-0.25, -0.2) is 0 Å². The van der Waals surface area contributed by atoms with Gasteiger partial charge in [-0.2, -0.15) is 0 Å². The molecule has 1 heterocycles. The molecule has 0 aliphatic carbocycles. The summed E-state index contributed by atoms with van der Waals surface area (Å²) >= 11 is 0. The van der Waals surface area contributed by atoms with Crippen molar-refractivity contribution in [2.75, 3.05) is 7.11 Å². The van der Waals surface area contributed by atoms with E-state index in [0.717, 1.165) is 16.5 Å². The number of rotatable bonds is 1. The molecule has 0 bridgehead atoms. The lowest BCUT2D eigenvalue weighted by Crippen LogP contribution is -1.82. The van der Waals surface area contributed by atoms with Crippen LogP contribution in [-0.2, 0) is 0 Å². The van der Waals surface area contributed by atoms with Crippen LogP contribution in [0.15, 0.2) is 30.6 Å². The topological polar surface area (TPSA) is 22.1 Å². The number of hydrogen-bond donors (Lipinski definition) is 0. The molecule has 0 amide bonds. The number of benzene rings is 1. The van der Waals surface area contributed by atoms with Crippen molar-refractivity contribution in [3.8, 4) is 5.75 Å². The van der Waals surface area contributed by atoms with Gasteiger partial charge in [-0.05, 0) is 23.6 Å². The van der Waals surface area contributed by atoms with Crippen molar-refractivity contribution in [3.63, 3.8) is 0 Å². The number of hydrogen-bond acceptors (Lipinski definition) is 2. The number of pyridine rings is 1. The molecule has 2 aromatic rings. The van der Waals surface area contributed by atoms with Gasteiger partial charge in [-0.1, -0.05) is 0 Å². The monoisotopic (exact) mass is 158 g/mol. The van der Waals surface area contributed by atoms with E-state index >= 15 is 0 Å². The molecule has 0 N–H and O–H groups in total. The summed E-state index contributed by atoms with van der Waals surface area (Å²) in [6.45, 7) is 0. The minimum atomic E-state index is 0.758. The van der Waals surface area contributed by atoms with Gasteiger partial charge in [-0.3, -0.25) is 4.98 Å². The van der Waals surface area contributed by atoms with Gasteiger partial charge in [0.15, 0.2) is 0 Å². The third-order valence-electron chi connectivity index (χ3n) is 1.74. The van der Waals surface area contributed by atoms with Gasteiger partial charge in [0.1, 0.15) is 5.75 Å². The molecular weight excluding hydrogens is 150 g/mol. The highest BCUT2D eigenvalue weighted by Gasteiger charge is 1.94. The highest BCUT2D eigenvalue weighted by Crippen LogP contribution is 2.17. The molecule has 0 aliphatic heterocycles. The van der Waals surface area contributed by atoms with E-state index in [0.29, 0.717) is 0 Å². The minimum absolute atomic E-state index is 0.758. The Morgan fingerprint density at radius 3 is 3.08 bits per heavy atom. The summed E-state index contributed by atoms with van der Waals surface area (Å²) < 4.78 is 5.05. The van der Waals surface area contributed by atoms with E-state index in [9.17, 15) is 0 Å². The van der Waals surface area contributed by atoms with Crippen LogP contribution in [0.4, 0.5) is 0 Å². The van der Waals surface area contributed by atoms with Crippen LogP contribution in [0.2, 0.25) is 0 Å². The molecule has 0 saturated carbocycles. The Bertz CT molecular complexity index is 398. The quantitative estimate of drug-likeness (QED) is 0.633. The highest BCUT2D eigenvalue weighted by molar-refractivity contribution is 5.82. The number of fused-ring (bicyclic) bond motifs is 1. The van der Waals surface area contributed by atoms with Gasteiger partial charge in [0.2, 0.25) is 0 Å². The third-order valence-corrected chi connectivity index (χ3v) is 1.74. The van der Waals surface area contributed by atoms with Crippen LogP contribution < -0.4 is 4.74 Å². The van der Waals surface area contributed by atoms with E-state index in [4.69, 9.17) is 4.74 Å². The van der Waals surface area contributed by atoms with Crippen LogP contribution in [0, 0.1) is 6.07 Å². The van der Waals surface area contributed by atoms with Crippen LogP contribution in [0.3, 0.4) is 0 Å². The average molecular weight is 158 g/mol. The summed E-state index contributed by atoms with van der Waals surface area (Å²) in [6, 6.07) is 8.88. The Morgan fingerprint density at radius 2 is 2.25 bits per heavy atom. The minimum Gasteiger partial charge on any atom is -0.496 e. The predicted molar refractivity (Wildman–Crippen MR) is 47.1 cm³/mol. The zero-order valence-corrected chi connectivity index (χ0v) is 6.74. The fourth-order valence-electron chi connectivity index (χ4n) is 1.11. The standard InChI is InChI=1S/C10H8NO/c1-12-10-3-2-9-7-11-5-4-8(9)6-10/h2-5,7H,1H3. The summed E-state index contributed by atoms with van der Waals surface area (Å²) in [5.41, 5.74) is 0. The maximum atomic E-state index is 5.05. The molecule has 1 aromatic carbocycles. The number of ether oxygens (including phenoxy) is 1. The summed E-state index contributed by atoms with van der Waals surface area (Å²) in [6.07, 6.45) is 3.56. The average Bonchev–Trinajstić information content (AvgIpc) is 2.17.